The molecule has 0 radical (unpaired) electrons. The first-order valence-corrected chi connectivity index (χ1v) is 3.96. The highest BCUT2D eigenvalue weighted by atomic mass is 16.1. The second-order valence-corrected chi connectivity index (χ2v) is 2.84. The third-order valence-electron chi connectivity index (χ3n) is 2.04. The van der Waals surface area contributed by atoms with E-state index in [0.717, 1.165) is 0 Å². The number of hydrogen-bond donors (Lipinski definition) is 1. The van der Waals surface area contributed by atoms with Gasteiger partial charge in [0, 0.05) is 13.2 Å². The molecule has 0 aromatic carbocycles. The summed E-state index contributed by atoms with van der Waals surface area (Å²) in [7, 11) is 1.55. The minimum atomic E-state index is -0.256. The van der Waals surface area contributed by atoms with Crippen molar-refractivity contribution in [3.63, 3.8) is 0 Å². The number of nitrogen functional groups attached to an aromatic ring is 1. The van der Waals surface area contributed by atoms with E-state index in [0.29, 0.717) is 11.2 Å². The van der Waals surface area contributed by atoms with E-state index in [1.165, 1.54) is 17.1 Å². The second kappa shape index (κ2) is 2.69. The Bertz CT molecular complexity index is 565. The van der Waals surface area contributed by atoms with E-state index in [2.05, 4.69) is 16.5 Å². The van der Waals surface area contributed by atoms with Gasteiger partial charge in [0.05, 0.1) is 0 Å². The Labute approximate surface area is 79.3 Å². The molecule has 0 spiro atoms. The normalized spacial score (nSPS) is 10.6. The molecule has 0 aliphatic rings. The van der Waals surface area contributed by atoms with Crippen molar-refractivity contribution in [3.05, 3.63) is 23.3 Å². The van der Waals surface area contributed by atoms with Gasteiger partial charge in [-0.15, -0.1) is 0 Å². The molecule has 0 saturated carbocycles. The van der Waals surface area contributed by atoms with Crippen molar-refractivity contribution in [1.82, 2.24) is 19.1 Å². The molecule has 2 N–H and O–H groups in total. The summed E-state index contributed by atoms with van der Waals surface area (Å²) in [6.07, 6.45) is 2.99. The molecule has 2 aromatic heterocycles. The highest BCUT2D eigenvalue weighted by molar-refractivity contribution is 5.72. The van der Waals surface area contributed by atoms with Gasteiger partial charge in [-0.25, -0.2) is 4.98 Å². The molecule has 72 valence electrons. The maximum Gasteiger partial charge on any atom is 0.282 e. The molecule has 14 heavy (non-hydrogen) atoms. The molecule has 0 unspecified atom stereocenters. The summed E-state index contributed by atoms with van der Waals surface area (Å²) in [6, 6.07) is 0. The van der Waals surface area contributed by atoms with Gasteiger partial charge in [0.2, 0.25) is 5.95 Å². The zero-order valence-electron chi connectivity index (χ0n) is 7.64. The van der Waals surface area contributed by atoms with Crippen molar-refractivity contribution in [2.75, 3.05) is 5.73 Å². The van der Waals surface area contributed by atoms with Crippen LogP contribution in [-0.2, 0) is 7.05 Å². The monoisotopic (exact) mass is 191 g/mol. The molecule has 2 rings (SSSR count). The van der Waals surface area contributed by atoms with Gasteiger partial charge in [0.1, 0.15) is 6.33 Å². The van der Waals surface area contributed by atoms with Gasteiger partial charge in [-0.2, -0.15) is 4.98 Å². The van der Waals surface area contributed by atoms with Crippen molar-refractivity contribution in [2.24, 2.45) is 7.05 Å². The lowest BCUT2D eigenvalue weighted by Crippen LogP contribution is -2.21. The molecule has 0 aliphatic carbocycles. The number of rotatable bonds is 1. The van der Waals surface area contributed by atoms with Crippen molar-refractivity contribution >= 4 is 23.3 Å². The van der Waals surface area contributed by atoms with E-state index in [1.54, 1.807) is 11.6 Å². The highest BCUT2D eigenvalue weighted by Crippen LogP contribution is 2.07. The predicted octanol–water partition coefficient (Wildman–Crippen LogP) is -0.187. The molecule has 2 aromatic rings. The smallest absolute Gasteiger partial charge is 0.282 e. The van der Waals surface area contributed by atoms with Crippen molar-refractivity contribution in [1.29, 1.82) is 0 Å². The molecule has 0 aliphatic heterocycles. The maximum absolute atomic E-state index is 11.6. The zero-order valence-corrected chi connectivity index (χ0v) is 7.64. The van der Waals surface area contributed by atoms with Gasteiger partial charge in [-0.1, -0.05) is 6.58 Å². The predicted molar refractivity (Wildman–Crippen MR) is 53.6 cm³/mol. The molecular formula is C8H9N5O. The van der Waals surface area contributed by atoms with Gasteiger partial charge in [0.25, 0.3) is 5.56 Å². The standard InChI is InChI=1S/C8H9N5O/c1-3-13-4-10-5-6(13)11-8(9)12(2)7(5)14/h3-4H,1H2,2H3,(H2,9,11). The van der Waals surface area contributed by atoms with Crippen LogP contribution in [0.4, 0.5) is 5.95 Å². The fraction of sp³-hybridized carbons (Fsp3) is 0.125. The molecule has 0 fully saturated rings. The van der Waals surface area contributed by atoms with Crippen molar-refractivity contribution < 1.29 is 0 Å². The van der Waals surface area contributed by atoms with Crippen LogP contribution in [-0.4, -0.2) is 19.1 Å². The quantitative estimate of drug-likeness (QED) is 0.677. The van der Waals surface area contributed by atoms with E-state index >= 15 is 0 Å². The zero-order chi connectivity index (χ0) is 10.3. The van der Waals surface area contributed by atoms with E-state index < -0.39 is 0 Å². The fourth-order valence-corrected chi connectivity index (χ4v) is 1.20. The van der Waals surface area contributed by atoms with Gasteiger partial charge >= 0.3 is 0 Å². The topological polar surface area (TPSA) is 78.7 Å². The molecule has 6 nitrogen and oxygen atoms in total. The lowest BCUT2D eigenvalue weighted by molar-refractivity contribution is 0.856. The third kappa shape index (κ3) is 0.936. The second-order valence-electron chi connectivity index (χ2n) is 2.84. The summed E-state index contributed by atoms with van der Waals surface area (Å²) >= 11 is 0. The van der Waals surface area contributed by atoms with Crippen LogP contribution in [0.3, 0.4) is 0 Å². The summed E-state index contributed by atoms with van der Waals surface area (Å²) in [5.41, 5.74) is 6.01. The Hall–Kier alpha value is -2.11. The number of nitrogens with two attached hydrogens (primary N) is 1. The van der Waals surface area contributed by atoms with Gasteiger partial charge < -0.3 is 5.73 Å². The summed E-state index contributed by atoms with van der Waals surface area (Å²) in [5, 5.41) is 0. The molecule has 6 heteroatoms. The molecule has 0 atom stereocenters. The van der Waals surface area contributed by atoms with Crippen molar-refractivity contribution in [2.45, 2.75) is 0 Å². The molecule has 2 heterocycles. The van der Waals surface area contributed by atoms with Crippen LogP contribution in [0.1, 0.15) is 0 Å². The number of anilines is 1. The summed E-state index contributed by atoms with van der Waals surface area (Å²) in [4.78, 5) is 19.6. The largest absolute Gasteiger partial charge is 0.369 e. The first-order chi connectivity index (χ1) is 6.65. The average molecular weight is 191 g/mol. The first-order valence-electron chi connectivity index (χ1n) is 3.96. The SMILES string of the molecule is C=Cn1cnc2c(=O)n(C)c(N)nc21. The van der Waals surface area contributed by atoms with E-state index in [4.69, 9.17) is 5.73 Å². The number of hydrogen-bond acceptors (Lipinski definition) is 4. The van der Waals surface area contributed by atoms with Gasteiger partial charge in [-0.05, 0) is 0 Å². The molecular weight excluding hydrogens is 182 g/mol. The van der Waals surface area contributed by atoms with Gasteiger partial charge in [0.15, 0.2) is 11.2 Å². The third-order valence-corrected chi connectivity index (χ3v) is 2.04. The Kier molecular flexibility index (Phi) is 1.63. The number of imidazole rings is 1. The number of aromatic nitrogens is 4. The van der Waals surface area contributed by atoms with Crippen LogP contribution >= 0.6 is 0 Å². The van der Waals surface area contributed by atoms with Crippen molar-refractivity contribution in [3.8, 4) is 0 Å². The minimum Gasteiger partial charge on any atom is -0.369 e. The van der Waals surface area contributed by atoms with Crippen LogP contribution < -0.4 is 11.3 Å². The summed E-state index contributed by atoms with van der Waals surface area (Å²) in [6.45, 7) is 3.57. The van der Waals surface area contributed by atoms with Crippen LogP contribution in [0.5, 0.6) is 0 Å². The van der Waals surface area contributed by atoms with Gasteiger partial charge in [-0.3, -0.25) is 13.9 Å². The number of nitrogens with zero attached hydrogens (tertiary/aromatic N) is 4. The molecule has 0 saturated heterocycles. The van der Waals surface area contributed by atoms with Crippen LogP contribution in [0.15, 0.2) is 17.7 Å². The fourth-order valence-electron chi connectivity index (χ4n) is 1.20. The Balaban J connectivity index is 3.01. The molecule has 0 bridgehead atoms. The Morgan fingerprint density at radius 3 is 3.00 bits per heavy atom. The summed E-state index contributed by atoms with van der Waals surface area (Å²) < 4.78 is 2.80. The van der Waals surface area contributed by atoms with Crippen LogP contribution in [0.2, 0.25) is 0 Å². The lowest BCUT2D eigenvalue weighted by atomic mass is 10.5. The molecule has 0 amide bonds. The van der Waals surface area contributed by atoms with E-state index in [9.17, 15) is 4.79 Å². The lowest BCUT2D eigenvalue weighted by Gasteiger charge is -2.01. The first kappa shape index (κ1) is 8.49. The van der Waals surface area contributed by atoms with Crippen LogP contribution in [0.25, 0.3) is 17.4 Å². The minimum absolute atomic E-state index is 0.158. The maximum atomic E-state index is 11.6. The Morgan fingerprint density at radius 1 is 1.64 bits per heavy atom. The van der Waals surface area contributed by atoms with Crippen LogP contribution in [0, 0.1) is 0 Å². The van der Waals surface area contributed by atoms with E-state index in [-0.39, 0.29) is 11.5 Å². The van der Waals surface area contributed by atoms with E-state index in [1.807, 2.05) is 0 Å². The Morgan fingerprint density at radius 2 is 2.36 bits per heavy atom. The summed E-state index contributed by atoms with van der Waals surface area (Å²) in [5.74, 6) is 0.158. The highest BCUT2D eigenvalue weighted by Gasteiger charge is 2.09. The number of fused-ring (bicyclic) bond motifs is 1. The average Bonchev–Trinajstić information content (AvgIpc) is 2.57.